The number of piperidine rings is 1. The van der Waals surface area contributed by atoms with Gasteiger partial charge in [0.25, 0.3) is 0 Å². The molecule has 0 saturated carbocycles. The summed E-state index contributed by atoms with van der Waals surface area (Å²) >= 11 is 1.50. The van der Waals surface area contributed by atoms with Gasteiger partial charge >= 0.3 is 0 Å². The van der Waals surface area contributed by atoms with E-state index in [1.54, 1.807) is 22.8 Å². The Morgan fingerprint density at radius 2 is 2.29 bits per heavy atom. The third-order valence-corrected chi connectivity index (χ3v) is 6.94. The Hall–Kier alpha value is -0.470. The maximum Gasteiger partial charge on any atom is 0.243 e. The van der Waals surface area contributed by atoms with Crippen LogP contribution in [0.5, 0.6) is 0 Å². The predicted molar refractivity (Wildman–Crippen MR) is 87.2 cm³/mol. The molecule has 1 aliphatic heterocycles. The van der Waals surface area contributed by atoms with Gasteiger partial charge < -0.3 is 10.2 Å². The van der Waals surface area contributed by atoms with Gasteiger partial charge in [0.1, 0.15) is 0 Å². The van der Waals surface area contributed by atoms with Crippen LogP contribution in [0.3, 0.4) is 0 Å². The maximum absolute atomic E-state index is 12.7. The summed E-state index contributed by atoms with van der Waals surface area (Å²) in [6.45, 7) is 5.51. The molecule has 1 fully saturated rings. The van der Waals surface area contributed by atoms with Crippen LogP contribution in [-0.4, -0.2) is 57.4 Å². The molecule has 1 aromatic heterocycles. The van der Waals surface area contributed by atoms with Crippen LogP contribution in [0.2, 0.25) is 0 Å². The quantitative estimate of drug-likeness (QED) is 0.860. The first kappa shape index (κ1) is 16.9. The molecule has 1 aliphatic rings. The van der Waals surface area contributed by atoms with Crippen molar-refractivity contribution in [2.45, 2.75) is 37.2 Å². The van der Waals surface area contributed by atoms with Gasteiger partial charge in [0.05, 0.1) is 4.90 Å². The number of nitrogens with one attached hydrogen (secondary N) is 1. The summed E-state index contributed by atoms with van der Waals surface area (Å²) in [5.41, 5.74) is 0. The van der Waals surface area contributed by atoms with Crippen molar-refractivity contribution < 1.29 is 8.42 Å². The minimum absolute atomic E-state index is 0.0749. The lowest BCUT2D eigenvalue weighted by Crippen LogP contribution is -2.47. The van der Waals surface area contributed by atoms with Gasteiger partial charge in [-0.3, -0.25) is 0 Å². The standard InChI is InChI=1S/C14H25N3O2S2/c1-4-15-9-13-8-14(11-20-13)21(18,19)17(3)12-6-5-7-16(2)10-12/h8,11-12,15H,4-7,9-10H2,1-3H3. The SMILES string of the molecule is CCNCc1cc(S(=O)(=O)N(C)C2CCCN(C)C2)cs1. The highest BCUT2D eigenvalue weighted by Gasteiger charge is 2.31. The normalized spacial score (nSPS) is 21.0. The molecule has 1 atom stereocenters. The van der Waals surface area contributed by atoms with Gasteiger partial charge in [-0.1, -0.05) is 6.92 Å². The van der Waals surface area contributed by atoms with E-state index < -0.39 is 10.0 Å². The third-order valence-electron chi connectivity index (χ3n) is 3.97. The van der Waals surface area contributed by atoms with Crippen molar-refractivity contribution in [2.24, 2.45) is 0 Å². The Balaban J connectivity index is 2.11. The van der Waals surface area contributed by atoms with E-state index in [0.29, 0.717) is 4.90 Å². The highest BCUT2D eigenvalue weighted by atomic mass is 32.2. The molecule has 1 saturated heterocycles. The highest BCUT2D eigenvalue weighted by Crippen LogP contribution is 2.25. The van der Waals surface area contributed by atoms with Crippen molar-refractivity contribution in [3.63, 3.8) is 0 Å². The minimum Gasteiger partial charge on any atom is -0.312 e. The molecule has 2 rings (SSSR count). The Kier molecular flexibility index (Phi) is 5.79. The Labute approximate surface area is 132 Å². The maximum atomic E-state index is 12.7. The Morgan fingerprint density at radius 1 is 1.52 bits per heavy atom. The number of likely N-dealkylation sites (N-methyl/N-ethyl adjacent to an activating group) is 2. The second-order valence-corrected chi connectivity index (χ2v) is 8.60. The average molecular weight is 332 g/mol. The Bertz CT molecular complexity index is 556. The third kappa shape index (κ3) is 4.04. The van der Waals surface area contributed by atoms with Gasteiger partial charge in [0.15, 0.2) is 0 Å². The van der Waals surface area contributed by atoms with Crippen LogP contribution in [0.4, 0.5) is 0 Å². The summed E-state index contributed by atoms with van der Waals surface area (Å²) in [5, 5.41) is 4.98. The second kappa shape index (κ2) is 7.19. The number of sulfonamides is 1. The topological polar surface area (TPSA) is 52.7 Å². The van der Waals surface area contributed by atoms with Crippen LogP contribution in [0.25, 0.3) is 0 Å². The van der Waals surface area contributed by atoms with E-state index in [2.05, 4.69) is 10.2 Å². The zero-order chi connectivity index (χ0) is 15.5. The van der Waals surface area contributed by atoms with Crippen LogP contribution in [0.15, 0.2) is 16.3 Å². The smallest absolute Gasteiger partial charge is 0.243 e. The molecular weight excluding hydrogens is 306 g/mol. The molecule has 120 valence electrons. The molecule has 0 amide bonds. The van der Waals surface area contributed by atoms with Crippen molar-refractivity contribution in [3.8, 4) is 0 Å². The van der Waals surface area contributed by atoms with Crippen LogP contribution < -0.4 is 5.32 Å². The molecule has 0 radical (unpaired) electrons. The van der Waals surface area contributed by atoms with Gasteiger partial charge in [0, 0.05) is 36.4 Å². The molecule has 21 heavy (non-hydrogen) atoms. The van der Waals surface area contributed by atoms with Crippen molar-refractivity contribution in [1.29, 1.82) is 0 Å². The van der Waals surface area contributed by atoms with E-state index in [1.807, 2.05) is 14.0 Å². The fourth-order valence-corrected chi connectivity index (χ4v) is 5.24. The molecule has 0 aliphatic carbocycles. The van der Waals surface area contributed by atoms with E-state index in [-0.39, 0.29) is 6.04 Å². The molecule has 1 unspecified atom stereocenters. The van der Waals surface area contributed by atoms with E-state index >= 15 is 0 Å². The lowest BCUT2D eigenvalue weighted by molar-refractivity contribution is 0.187. The van der Waals surface area contributed by atoms with Crippen LogP contribution in [-0.2, 0) is 16.6 Å². The van der Waals surface area contributed by atoms with Crippen molar-refractivity contribution in [3.05, 3.63) is 16.3 Å². The summed E-state index contributed by atoms with van der Waals surface area (Å²) in [5.74, 6) is 0. The first-order valence-corrected chi connectivity index (χ1v) is 9.71. The zero-order valence-electron chi connectivity index (χ0n) is 13.0. The molecule has 0 bridgehead atoms. The molecule has 1 N–H and O–H groups in total. The lowest BCUT2D eigenvalue weighted by Gasteiger charge is -2.34. The highest BCUT2D eigenvalue weighted by molar-refractivity contribution is 7.89. The van der Waals surface area contributed by atoms with Crippen LogP contribution >= 0.6 is 11.3 Å². The summed E-state index contributed by atoms with van der Waals surface area (Å²) < 4.78 is 27.0. The number of likely N-dealkylation sites (tertiary alicyclic amines) is 1. The molecule has 2 heterocycles. The first-order valence-electron chi connectivity index (χ1n) is 7.40. The van der Waals surface area contributed by atoms with E-state index in [1.165, 1.54) is 11.3 Å². The predicted octanol–water partition coefficient (Wildman–Crippen LogP) is 1.57. The van der Waals surface area contributed by atoms with Crippen molar-refractivity contribution >= 4 is 21.4 Å². The lowest BCUT2D eigenvalue weighted by atomic mass is 10.1. The van der Waals surface area contributed by atoms with Gasteiger partial charge in [-0.2, -0.15) is 4.31 Å². The first-order chi connectivity index (χ1) is 9.95. The van der Waals surface area contributed by atoms with E-state index in [0.717, 1.165) is 43.9 Å². The molecule has 1 aromatic rings. The largest absolute Gasteiger partial charge is 0.312 e. The fourth-order valence-electron chi connectivity index (χ4n) is 2.64. The van der Waals surface area contributed by atoms with Gasteiger partial charge in [-0.15, -0.1) is 11.3 Å². The molecule has 5 nitrogen and oxygen atoms in total. The number of thiophene rings is 1. The van der Waals surface area contributed by atoms with Gasteiger partial charge in [-0.25, -0.2) is 8.42 Å². The van der Waals surface area contributed by atoms with Gasteiger partial charge in [-0.05, 0) is 39.0 Å². The number of hydrogen-bond acceptors (Lipinski definition) is 5. The summed E-state index contributed by atoms with van der Waals surface area (Å²) in [4.78, 5) is 3.69. The zero-order valence-corrected chi connectivity index (χ0v) is 14.6. The van der Waals surface area contributed by atoms with Crippen molar-refractivity contribution in [1.82, 2.24) is 14.5 Å². The van der Waals surface area contributed by atoms with Crippen LogP contribution in [0, 0.1) is 0 Å². The molecular formula is C14H25N3O2S2. The van der Waals surface area contributed by atoms with Crippen molar-refractivity contribution in [2.75, 3.05) is 33.7 Å². The fraction of sp³-hybridized carbons (Fsp3) is 0.714. The molecule has 7 heteroatoms. The number of rotatable bonds is 6. The van der Waals surface area contributed by atoms with Crippen LogP contribution in [0.1, 0.15) is 24.6 Å². The average Bonchev–Trinajstić information content (AvgIpc) is 2.93. The molecule has 0 spiro atoms. The number of nitrogens with zero attached hydrogens (tertiary/aromatic N) is 2. The van der Waals surface area contributed by atoms with E-state index in [9.17, 15) is 8.42 Å². The monoisotopic (exact) mass is 331 g/mol. The molecule has 0 aromatic carbocycles. The number of hydrogen-bond donors (Lipinski definition) is 1. The van der Waals surface area contributed by atoms with Gasteiger partial charge in [0.2, 0.25) is 10.0 Å². The summed E-state index contributed by atoms with van der Waals surface area (Å²) in [6.07, 6.45) is 1.99. The second-order valence-electron chi connectivity index (χ2n) is 5.61. The summed E-state index contributed by atoms with van der Waals surface area (Å²) in [7, 11) is 0.380. The summed E-state index contributed by atoms with van der Waals surface area (Å²) in [6, 6.07) is 1.87. The van der Waals surface area contributed by atoms with E-state index in [4.69, 9.17) is 0 Å². The Morgan fingerprint density at radius 3 is 2.95 bits per heavy atom. The minimum atomic E-state index is -3.38.